The SMILES string of the molecule is CC(=O)Nc1ccc(-n2nc(-c3ccccc3)c3ccccc3c2=O)c([N+](=O)[O-])c1. The summed E-state index contributed by atoms with van der Waals surface area (Å²) >= 11 is 0. The lowest BCUT2D eigenvalue weighted by molar-refractivity contribution is -0.384. The lowest BCUT2D eigenvalue weighted by atomic mass is 10.1. The first-order valence-corrected chi connectivity index (χ1v) is 9.09. The van der Waals surface area contributed by atoms with E-state index in [4.69, 9.17) is 0 Å². The molecule has 0 fully saturated rings. The van der Waals surface area contributed by atoms with Crippen LogP contribution in [0.5, 0.6) is 0 Å². The highest BCUT2D eigenvalue weighted by Crippen LogP contribution is 2.29. The van der Waals surface area contributed by atoms with E-state index in [1.807, 2.05) is 36.4 Å². The van der Waals surface area contributed by atoms with E-state index in [9.17, 15) is 19.7 Å². The van der Waals surface area contributed by atoms with Crippen molar-refractivity contribution in [3.05, 3.63) is 93.3 Å². The standard InChI is InChI=1S/C22H16N4O4/c1-14(27)23-16-11-12-19(20(13-16)26(29)30)25-22(28)18-10-6-5-9-17(18)21(24-25)15-7-3-2-4-8-15/h2-13H,1H3,(H,23,27). The topological polar surface area (TPSA) is 107 Å². The first kappa shape index (κ1) is 19.0. The number of carbonyl (C=O) groups excluding carboxylic acids is 1. The van der Waals surface area contributed by atoms with E-state index in [0.717, 1.165) is 10.2 Å². The summed E-state index contributed by atoms with van der Waals surface area (Å²) < 4.78 is 1.04. The van der Waals surface area contributed by atoms with Crippen LogP contribution in [0.2, 0.25) is 0 Å². The molecule has 0 aliphatic heterocycles. The highest BCUT2D eigenvalue weighted by Gasteiger charge is 2.21. The number of nitro groups is 1. The second-order valence-corrected chi connectivity index (χ2v) is 6.62. The fourth-order valence-corrected chi connectivity index (χ4v) is 3.29. The van der Waals surface area contributed by atoms with Crippen molar-refractivity contribution >= 4 is 28.1 Å². The maximum atomic E-state index is 13.2. The Balaban J connectivity index is 2.03. The maximum Gasteiger partial charge on any atom is 0.297 e. The molecule has 0 bridgehead atoms. The van der Waals surface area contributed by atoms with Crippen LogP contribution < -0.4 is 10.9 Å². The first-order valence-electron chi connectivity index (χ1n) is 9.09. The minimum Gasteiger partial charge on any atom is -0.326 e. The molecule has 0 saturated heterocycles. The van der Waals surface area contributed by atoms with E-state index in [0.29, 0.717) is 16.5 Å². The Hall–Kier alpha value is -4.33. The number of carbonyl (C=O) groups is 1. The van der Waals surface area contributed by atoms with E-state index in [2.05, 4.69) is 10.4 Å². The minimum absolute atomic E-state index is 0.0158. The molecule has 0 aliphatic carbocycles. The Bertz CT molecular complexity index is 1350. The van der Waals surface area contributed by atoms with Gasteiger partial charge in [-0.05, 0) is 18.2 Å². The molecule has 1 aromatic heterocycles. The van der Waals surface area contributed by atoms with Gasteiger partial charge >= 0.3 is 0 Å². The smallest absolute Gasteiger partial charge is 0.297 e. The third kappa shape index (κ3) is 3.42. The molecule has 1 N–H and O–H groups in total. The zero-order valence-corrected chi connectivity index (χ0v) is 15.9. The van der Waals surface area contributed by atoms with Crippen molar-refractivity contribution in [3.63, 3.8) is 0 Å². The number of fused-ring (bicyclic) bond motifs is 1. The molecule has 8 heteroatoms. The number of benzene rings is 3. The maximum absolute atomic E-state index is 13.2. The molecule has 1 amide bonds. The fraction of sp³-hybridized carbons (Fsp3) is 0.0455. The Morgan fingerprint density at radius 1 is 1.00 bits per heavy atom. The lowest BCUT2D eigenvalue weighted by Crippen LogP contribution is -2.23. The normalized spacial score (nSPS) is 10.7. The van der Waals surface area contributed by atoms with E-state index in [1.165, 1.54) is 25.1 Å². The molecular weight excluding hydrogens is 384 g/mol. The summed E-state index contributed by atoms with van der Waals surface area (Å²) in [5, 5.41) is 19.8. The monoisotopic (exact) mass is 400 g/mol. The minimum atomic E-state index is -0.605. The molecule has 0 aliphatic rings. The van der Waals surface area contributed by atoms with Crippen LogP contribution in [-0.4, -0.2) is 20.6 Å². The zero-order chi connectivity index (χ0) is 21.3. The van der Waals surface area contributed by atoms with Crippen molar-refractivity contribution in [2.24, 2.45) is 0 Å². The molecule has 4 rings (SSSR count). The molecule has 0 saturated carbocycles. The molecule has 1 heterocycles. The van der Waals surface area contributed by atoms with Gasteiger partial charge in [0.25, 0.3) is 11.2 Å². The van der Waals surface area contributed by atoms with Crippen molar-refractivity contribution in [2.45, 2.75) is 6.92 Å². The molecule has 148 valence electrons. The summed E-state index contributed by atoms with van der Waals surface area (Å²) in [5.74, 6) is -0.357. The van der Waals surface area contributed by atoms with Gasteiger partial charge in [0.1, 0.15) is 5.69 Å². The van der Waals surface area contributed by atoms with Gasteiger partial charge in [-0.3, -0.25) is 19.7 Å². The largest absolute Gasteiger partial charge is 0.326 e. The number of nitro benzene ring substituents is 1. The van der Waals surface area contributed by atoms with Crippen molar-refractivity contribution in [1.29, 1.82) is 0 Å². The Morgan fingerprint density at radius 3 is 2.33 bits per heavy atom. The van der Waals surface area contributed by atoms with Crippen LogP contribution in [0.25, 0.3) is 27.7 Å². The highest BCUT2D eigenvalue weighted by atomic mass is 16.6. The number of hydrogen-bond acceptors (Lipinski definition) is 5. The zero-order valence-electron chi connectivity index (χ0n) is 15.9. The number of amides is 1. The van der Waals surface area contributed by atoms with Gasteiger partial charge in [0.05, 0.1) is 16.0 Å². The summed E-state index contributed by atoms with van der Waals surface area (Å²) in [5.41, 5.74) is 0.772. The molecule has 30 heavy (non-hydrogen) atoms. The quantitative estimate of drug-likeness (QED) is 0.413. The van der Waals surface area contributed by atoms with Gasteiger partial charge in [0.15, 0.2) is 0 Å². The van der Waals surface area contributed by atoms with E-state index >= 15 is 0 Å². The molecule has 0 atom stereocenters. The van der Waals surface area contributed by atoms with Crippen molar-refractivity contribution in [2.75, 3.05) is 5.32 Å². The summed E-state index contributed by atoms with van der Waals surface area (Å²) in [6.45, 7) is 1.31. The average Bonchev–Trinajstić information content (AvgIpc) is 2.74. The van der Waals surface area contributed by atoms with Crippen LogP contribution in [0, 0.1) is 10.1 Å². The third-order valence-electron chi connectivity index (χ3n) is 4.57. The van der Waals surface area contributed by atoms with Gasteiger partial charge in [-0.2, -0.15) is 9.78 Å². The predicted octanol–water partition coefficient (Wildman–Crippen LogP) is 3.92. The third-order valence-corrected chi connectivity index (χ3v) is 4.57. The molecule has 0 spiro atoms. The number of aromatic nitrogens is 2. The van der Waals surface area contributed by atoms with E-state index < -0.39 is 10.5 Å². The second kappa shape index (κ2) is 7.59. The molecule has 0 radical (unpaired) electrons. The molecule has 3 aromatic carbocycles. The molecule has 0 unspecified atom stereocenters. The first-order chi connectivity index (χ1) is 14.5. The van der Waals surface area contributed by atoms with E-state index in [-0.39, 0.29) is 23.0 Å². The molecule has 8 nitrogen and oxygen atoms in total. The van der Waals surface area contributed by atoms with Crippen LogP contribution in [0.1, 0.15) is 6.92 Å². The fourth-order valence-electron chi connectivity index (χ4n) is 3.29. The highest BCUT2D eigenvalue weighted by molar-refractivity contribution is 5.94. The van der Waals surface area contributed by atoms with Crippen LogP contribution in [0.15, 0.2) is 77.6 Å². The van der Waals surface area contributed by atoms with Gasteiger partial charge in [0.2, 0.25) is 5.91 Å². The van der Waals surface area contributed by atoms with Crippen LogP contribution in [0.4, 0.5) is 11.4 Å². The van der Waals surface area contributed by atoms with Gasteiger partial charge in [-0.1, -0.05) is 48.5 Å². The Morgan fingerprint density at radius 2 is 1.67 bits per heavy atom. The van der Waals surface area contributed by atoms with Crippen LogP contribution in [-0.2, 0) is 4.79 Å². The van der Waals surface area contributed by atoms with Crippen molar-refractivity contribution in [1.82, 2.24) is 9.78 Å². The number of anilines is 1. The van der Waals surface area contributed by atoms with Crippen molar-refractivity contribution < 1.29 is 9.72 Å². The summed E-state index contributed by atoms with van der Waals surface area (Å²) in [7, 11) is 0. The van der Waals surface area contributed by atoms with Crippen molar-refractivity contribution in [3.8, 4) is 16.9 Å². The Kier molecular flexibility index (Phi) is 4.81. The van der Waals surface area contributed by atoms with E-state index in [1.54, 1.807) is 18.2 Å². The number of hydrogen-bond donors (Lipinski definition) is 1. The summed E-state index contributed by atoms with van der Waals surface area (Å²) in [4.78, 5) is 35.6. The van der Waals surface area contributed by atoms with Gasteiger partial charge in [0, 0.05) is 29.6 Å². The molecule has 4 aromatic rings. The van der Waals surface area contributed by atoms with Crippen LogP contribution in [0.3, 0.4) is 0 Å². The summed E-state index contributed by atoms with van der Waals surface area (Å²) in [6.07, 6.45) is 0. The summed E-state index contributed by atoms with van der Waals surface area (Å²) in [6, 6.07) is 20.4. The Labute approximate surface area is 170 Å². The molecular formula is C22H16N4O4. The predicted molar refractivity (Wildman–Crippen MR) is 114 cm³/mol. The van der Waals surface area contributed by atoms with Gasteiger partial charge in [-0.25, -0.2) is 0 Å². The second-order valence-electron chi connectivity index (χ2n) is 6.62. The lowest BCUT2D eigenvalue weighted by Gasteiger charge is -2.12. The number of rotatable bonds is 4. The number of nitrogens with one attached hydrogen (secondary N) is 1. The average molecular weight is 400 g/mol. The van der Waals surface area contributed by atoms with Crippen LogP contribution >= 0.6 is 0 Å². The van der Waals surface area contributed by atoms with Gasteiger partial charge in [-0.15, -0.1) is 0 Å². The number of nitrogens with zero attached hydrogens (tertiary/aromatic N) is 3. The van der Waals surface area contributed by atoms with Gasteiger partial charge < -0.3 is 5.32 Å².